The Labute approximate surface area is 260 Å². The van der Waals surface area contributed by atoms with E-state index in [9.17, 15) is 34.2 Å². The molecule has 1 aliphatic carbocycles. The Morgan fingerprint density at radius 3 is 1.80 bits per heavy atom. The molecular weight excluding hydrogens is 580 g/mol. The molecule has 0 saturated carbocycles. The van der Waals surface area contributed by atoms with Crippen molar-refractivity contribution in [2.75, 3.05) is 32.8 Å². The van der Waals surface area contributed by atoms with Crippen LogP contribution in [0.5, 0.6) is 0 Å². The second kappa shape index (κ2) is 12.9. The topological polar surface area (TPSA) is 157 Å². The molecule has 0 unspecified atom stereocenters. The van der Waals surface area contributed by atoms with Gasteiger partial charge in [0.2, 0.25) is 17.7 Å². The van der Waals surface area contributed by atoms with Crippen molar-refractivity contribution in [2.45, 2.75) is 68.6 Å². The standard InChI is InChI=1S/C33H38N4O8/c38-18-25(32(42)43)34-29(39)26-12-5-15-35(26)30(40)27-13-6-16-36(27)31(41)28-14-7-17-37(28)33(44)45-19-24-22-10-3-1-8-20(22)21-9-2-4-11-23(21)24/h1-4,8-11,24-28,38H,5-7,12-19H2,(H,34,39)(H,42,43)/t25-,26-,27-,28-/m0/s1. The third kappa shape index (κ3) is 5.74. The highest BCUT2D eigenvalue weighted by atomic mass is 16.6. The van der Waals surface area contributed by atoms with Gasteiger partial charge < -0.3 is 30.1 Å². The summed E-state index contributed by atoms with van der Waals surface area (Å²) in [5, 5.41) is 20.8. The van der Waals surface area contributed by atoms with E-state index in [0.717, 1.165) is 22.3 Å². The number of nitrogens with zero attached hydrogens (tertiary/aromatic N) is 3. The van der Waals surface area contributed by atoms with Crippen LogP contribution >= 0.6 is 0 Å². The van der Waals surface area contributed by atoms with Crippen LogP contribution in [0.2, 0.25) is 0 Å². The molecule has 12 heteroatoms. The zero-order valence-electron chi connectivity index (χ0n) is 25.0. The summed E-state index contributed by atoms with van der Waals surface area (Å²) in [5.41, 5.74) is 4.45. The molecule has 3 saturated heterocycles. The lowest BCUT2D eigenvalue weighted by Crippen LogP contribution is -2.57. The van der Waals surface area contributed by atoms with Gasteiger partial charge in [-0.1, -0.05) is 48.5 Å². The molecule has 0 radical (unpaired) electrons. The van der Waals surface area contributed by atoms with E-state index in [4.69, 9.17) is 4.74 Å². The number of aliphatic hydroxyl groups excluding tert-OH is 1. The minimum absolute atomic E-state index is 0.104. The monoisotopic (exact) mass is 618 g/mol. The lowest BCUT2D eigenvalue weighted by Gasteiger charge is -2.34. The normalized spacial score (nSPS) is 23.0. The van der Waals surface area contributed by atoms with Crippen LogP contribution in [0, 0.1) is 0 Å². The van der Waals surface area contributed by atoms with Gasteiger partial charge in [0.1, 0.15) is 30.8 Å². The molecule has 4 amide bonds. The molecule has 45 heavy (non-hydrogen) atoms. The predicted molar refractivity (Wildman–Crippen MR) is 161 cm³/mol. The lowest BCUT2D eigenvalue weighted by molar-refractivity contribution is -0.149. The van der Waals surface area contributed by atoms with Crippen LogP contribution in [0.1, 0.15) is 55.6 Å². The molecule has 0 spiro atoms. The minimum atomic E-state index is -1.47. The summed E-state index contributed by atoms with van der Waals surface area (Å²) in [4.78, 5) is 69.6. The van der Waals surface area contributed by atoms with Crippen LogP contribution in [-0.4, -0.2) is 112 Å². The van der Waals surface area contributed by atoms with E-state index >= 15 is 0 Å². The molecule has 6 rings (SSSR count). The molecule has 3 heterocycles. The van der Waals surface area contributed by atoms with Crippen LogP contribution in [0.25, 0.3) is 11.1 Å². The summed E-state index contributed by atoms with van der Waals surface area (Å²) in [6.07, 6.45) is 2.50. The van der Waals surface area contributed by atoms with Crippen LogP contribution in [-0.2, 0) is 23.9 Å². The molecule has 238 valence electrons. The van der Waals surface area contributed by atoms with Crippen molar-refractivity contribution in [3.63, 3.8) is 0 Å². The first-order valence-corrected chi connectivity index (χ1v) is 15.7. The maximum atomic E-state index is 13.9. The summed E-state index contributed by atoms with van der Waals surface area (Å²) in [6.45, 7) is 0.423. The van der Waals surface area contributed by atoms with Crippen molar-refractivity contribution in [1.82, 2.24) is 20.0 Å². The largest absolute Gasteiger partial charge is 0.480 e. The van der Waals surface area contributed by atoms with Gasteiger partial charge in [-0.25, -0.2) is 9.59 Å². The summed E-state index contributed by atoms with van der Waals surface area (Å²) < 4.78 is 5.86. The zero-order chi connectivity index (χ0) is 31.7. The van der Waals surface area contributed by atoms with Crippen molar-refractivity contribution >= 4 is 29.8 Å². The maximum absolute atomic E-state index is 13.9. The lowest BCUT2D eigenvalue weighted by atomic mass is 9.98. The Morgan fingerprint density at radius 2 is 1.24 bits per heavy atom. The van der Waals surface area contributed by atoms with E-state index in [1.54, 1.807) is 0 Å². The molecule has 4 aliphatic rings. The van der Waals surface area contributed by atoms with Gasteiger partial charge in [0.25, 0.3) is 0 Å². The fourth-order valence-corrected chi connectivity index (χ4v) is 7.35. The summed E-state index contributed by atoms with van der Waals surface area (Å²) in [7, 11) is 0. The molecule has 4 atom stereocenters. The Balaban J connectivity index is 1.11. The summed E-state index contributed by atoms with van der Waals surface area (Å²) in [6, 6.07) is 12.3. The molecule has 3 fully saturated rings. The number of fused-ring (bicyclic) bond motifs is 3. The Hall–Kier alpha value is -4.45. The van der Waals surface area contributed by atoms with E-state index in [-0.39, 0.29) is 24.3 Å². The van der Waals surface area contributed by atoms with Gasteiger partial charge in [0, 0.05) is 25.6 Å². The number of hydrogen-bond donors (Lipinski definition) is 3. The maximum Gasteiger partial charge on any atom is 0.410 e. The number of likely N-dealkylation sites (tertiary alicyclic amines) is 3. The predicted octanol–water partition coefficient (Wildman–Crippen LogP) is 1.94. The van der Waals surface area contributed by atoms with E-state index in [1.807, 2.05) is 36.4 Å². The van der Waals surface area contributed by atoms with Crippen molar-refractivity contribution in [2.24, 2.45) is 0 Å². The van der Waals surface area contributed by atoms with Gasteiger partial charge >= 0.3 is 12.1 Å². The molecule has 0 aromatic heterocycles. The Kier molecular flexibility index (Phi) is 8.75. The number of aliphatic hydroxyl groups is 1. The second-order valence-electron chi connectivity index (χ2n) is 12.1. The van der Waals surface area contributed by atoms with Crippen molar-refractivity contribution < 1.29 is 38.9 Å². The number of benzene rings is 2. The summed E-state index contributed by atoms with van der Waals surface area (Å²) in [5.74, 6) is -2.78. The number of carboxylic acid groups (broad SMARTS) is 1. The van der Waals surface area contributed by atoms with E-state index in [2.05, 4.69) is 17.4 Å². The number of hydrogen-bond acceptors (Lipinski definition) is 7. The smallest absolute Gasteiger partial charge is 0.410 e. The third-order valence-corrected chi connectivity index (χ3v) is 9.57. The molecule has 2 aromatic carbocycles. The number of rotatable bonds is 8. The highest BCUT2D eigenvalue weighted by molar-refractivity contribution is 5.95. The van der Waals surface area contributed by atoms with Crippen LogP contribution in [0.3, 0.4) is 0 Å². The van der Waals surface area contributed by atoms with Gasteiger partial charge in [0.15, 0.2) is 0 Å². The second-order valence-corrected chi connectivity index (χ2v) is 12.1. The van der Waals surface area contributed by atoms with Gasteiger partial charge in [-0.15, -0.1) is 0 Å². The highest BCUT2D eigenvalue weighted by Gasteiger charge is 2.46. The number of ether oxygens (including phenoxy) is 1. The van der Waals surface area contributed by atoms with Gasteiger partial charge in [-0.05, 0) is 60.8 Å². The Morgan fingerprint density at radius 1 is 0.756 bits per heavy atom. The van der Waals surface area contributed by atoms with Crippen LogP contribution < -0.4 is 5.32 Å². The van der Waals surface area contributed by atoms with Crippen molar-refractivity contribution in [3.8, 4) is 11.1 Å². The molecular formula is C33H38N4O8. The minimum Gasteiger partial charge on any atom is -0.480 e. The number of nitrogens with one attached hydrogen (secondary N) is 1. The van der Waals surface area contributed by atoms with Gasteiger partial charge in [-0.2, -0.15) is 0 Å². The van der Waals surface area contributed by atoms with E-state index < -0.39 is 48.7 Å². The first-order valence-electron chi connectivity index (χ1n) is 15.7. The fourth-order valence-electron chi connectivity index (χ4n) is 7.35. The molecule has 0 bridgehead atoms. The number of aliphatic carboxylic acids is 1. The third-order valence-electron chi connectivity index (χ3n) is 9.57. The number of carboxylic acids is 1. The average Bonchev–Trinajstić information content (AvgIpc) is 3.87. The quantitative estimate of drug-likeness (QED) is 0.405. The molecule has 12 nitrogen and oxygen atoms in total. The van der Waals surface area contributed by atoms with E-state index in [1.165, 1.54) is 14.7 Å². The SMILES string of the molecule is O=C(O)[C@H](CO)NC(=O)[C@@H]1CCCN1C(=O)[C@@H]1CCCN1C(=O)[C@@H]1CCCN1C(=O)OCC1c2ccccc2-c2ccccc21. The van der Waals surface area contributed by atoms with Crippen LogP contribution in [0.15, 0.2) is 48.5 Å². The molecule has 3 aliphatic heterocycles. The fraction of sp³-hybridized carbons (Fsp3) is 0.485. The van der Waals surface area contributed by atoms with Crippen molar-refractivity contribution in [1.29, 1.82) is 0 Å². The van der Waals surface area contributed by atoms with Gasteiger partial charge in [0.05, 0.1) is 6.61 Å². The first kappa shape index (κ1) is 30.6. The molecule has 2 aromatic rings. The number of carbonyl (C=O) groups is 5. The summed E-state index contributed by atoms with van der Waals surface area (Å²) >= 11 is 0. The molecule has 3 N–H and O–H groups in total. The average molecular weight is 619 g/mol. The number of carbonyl (C=O) groups excluding carboxylic acids is 4. The van der Waals surface area contributed by atoms with E-state index in [0.29, 0.717) is 58.2 Å². The highest BCUT2D eigenvalue weighted by Crippen LogP contribution is 2.44. The number of amides is 4. The van der Waals surface area contributed by atoms with Crippen molar-refractivity contribution in [3.05, 3.63) is 59.7 Å². The van der Waals surface area contributed by atoms with Gasteiger partial charge in [-0.3, -0.25) is 19.3 Å². The Bertz CT molecular complexity index is 1450. The van der Waals surface area contributed by atoms with Crippen LogP contribution in [0.4, 0.5) is 4.79 Å². The first-order chi connectivity index (χ1) is 21.8. The zero-order valence-corrected chi connectivity index (χ0v) is 25.0.